The number of hydrogen-bond acceptors (Lipinski definition) is 3. The summed E-state index contributed by atoms with van der Waals surface area (Å²) in [6, 6.07) is 6.93. The van der Waals surface area contributed by atoms with Gasteiger partial charge in [-0.05, 0) is 32.4 Å². The van der Waals surface area contributed by atoms with Gasteiger partial charge in [0, 0.05) is 18.7 Å². The zero-order valence-corrected chi connectivity index (χ0v) is 12.5. The molecule has 1 aliphatic rings. The Morgan fingerprint density at radius 1 is 1.20 bits per heavy atom. The van der Waals surface area contributed by atoms with Crippen LogP contribution in [0.5, 0.6) is 0 Å². The molecule has 0 aliphatic carbocycles. The van der Waals surface area contributed by atoms with Crippen LogP contribution in [0.15, 0.2) is 18.2 Å². The van der Waals surface area contributed by atoms with Crippen LogP contribution in [0.2, 0.25) is 0 Å². The van der Waals surface area contributed by atoms with E-state index in [-0.39, 0.29) is 0 Å². The molecule has 0 saturated heterocycles. The Balaban J connectivity index is 2.03. The summed E-state index contributed by atoms with van der Waals surface area (Å²) in [6.07, 6.45) is 2.27. The Kier molecular flexibility index (Phi) is 3.57. The zero-order chi connectivity index (χ0) is 14.1. The predicted molar refractivity (Wildman–Crippen MR) is 80.6 cm³/mol. The lowest BCUT2D eigenvalue weighted by Gasteiger charge is -2.24. The van der Waals surface area contributed by atoms with E-state index in [2.05, 4.69) is 59.1 Å². The molecule has 1 aromatic carbocycles. The highest BCUT2D eigenvalue weighted by atomic mass is 15.3. The van der Waals surface area contributed by atoms with Gasteiger partial charge >= 0.3 is 0 Å². The molecular formula is C16H22N4. The van der Waals surface area contributed by atoms with Crippen LogP contribution >= 0.6 is 0 Å². The van der Waals surface area contributed by atoms with Gasteiger partial charge in [-0.2, -0.15) is 0 Å². The highest BCUT2D eigenvalue weighted by Gasteiger charge is 2.24. The monoisotopic (exact) mass is 270 g/mol. The number of aromatic nitrogens is 3. The molecule has 4 heteroatoms. The summed E-state index contributed by atoms with van der Waals surface area (Å²) in [7, 11) is 0. The second kappa shape index (κ2) is 5.37. The van der Waals surface area contributed by atoms with Gasteiger partial charge in [-0.25, -0.2) is 0 Å². The maximum atomic E-state index is 4.46. The average Bonchev–Trinajstić information content (AvgIpc) is 2.83. The van der Waals surface area contributed by atoms with Gasteiger partial charge in [-0.15, -0.1) is 10.2 Å². The molecule has 1 N–H and O–H groups in total. The predicted octanol–water partition coefficient (Wildman–Crippen LogP) is 3.01. The Morgan fingerprint density at radius 3 is 2.65 bits per heavy atom. The van der Waals surface area contributed by atoms with Gasteiger partial charge in [0.1, 0.15) is 0 Å². The average molecular weight is 270 g/mol. The zero-order valence-electron chi connectivity index (χ0n) is 12.5. The molecule has 3 rings (SSSR count). The molecule has 0 bridgehead atoms. The molecule has 0 spiro atoms. The Bertz CT molecular complexity index is 595. The van der Waals surface area contributed by atoms with Crippen molar-refractivity contribution in [2.75, 3.05) is 6.54 Å². The molecule has 1 aliphatic heterocycles. The molecule has 4 nitrogen and oxygen atoms in total. The number of nitrogens with zero attached hydrogens (tertiary/aromatic N) is 3. The van der Waals surface area contributed by atoms with Crippen molar-refractivity contribution < 1.29 is 0 Å². The second-order valence-electron chi connectivity index (χ2n) is 5.71. The molecular weight excluding hydrogens is 248 g/mol. The topological polar surface area (TPSA) is 42.7 Å². The molecule has 1 atom stereocenters. The van der Waals surface area contributed by atoms with E-state index in [0.717, 1.165) is 37.6 Å². The minimum atomic E-state index is 0.348. The van der Waals surface area contributed by atoms with E-state index in [4.69, 9.17) is 0 Å². The third kappa shape index (κ3) is 2.36. The van der Waals surface area contributed by atoms with Crippen LogP contribution < -0.4 is 5.32 Å². The van der Waals surface area contributed by atoms with Crippen LogP contribution in [0.4, 0.5) is 0 Å². The largest absolute Gasteiger partial charge is 0.308 e. The maximum Gasteiger partial charge on any atom is 0.164 e. The van der Waals surface area contributed by atoms with Crippen molar-refractivity contribution in [3.63, 3.8) is 0 Å². The molecule has 0 radical (unpaired) electrons. The van der Waals surface area contributed by atoms with Crippen molar-refractivity contribution in [2.45, 2.75) is 46.2 Å². The van der Waals surface area contributed by atoms with Crippen LogP contribution in [0.25, 0.3) is 11.4 Å². The van der Waals surface area contributed by atoms with Crippen LogP contribution in [-0.4, -0.2) is 21.3 Å². The summed E-state index contributed by atoms with van der Waals surface area (Å²) in [5, 5.41) is 12.4. The highest BCUT2D eigenvalue weighted by Crippen LogP contribution is 2.27. The van der Waals surface area contributed by atoms with Gasteiger partial charge in [-0.3, -0.25) is 0 Å². The quantitative estimate of drug-likeness (QED) is 0.932. The first-order valence-electron chi connectivity index (χ1n) is 7.44. The Labute approximate surface area is 120 Å². The molecule has 20 heavy (non-hydrogen) atoms. The van der Waals surface area contributed by atoms with E-state index in [1.54, 1.807) is 0 Å². The summed E-state index contributed by atoms with van der Waals surface area (Å²) in [5.74, 6) is 2.10. The van der Waals surface area contributed by atoms with Gasteiger partial charge in [0.2, 0.25) is 0 Å². The van der Waals surface area contributed by atoms with Crippen molar-refractivity contribution >= 4 is 0 Å². The fraction of sp³-hybridized carbons (Fsp3) is 0.500. The van der Waals surface area contributed by atoms with Gasteiger partial charge in [0.25, 0.3) is 0 Å². The molecule has 1 aromatic heterocycles. The molecule has 0 fully saturated rings. The molecule has 0 amide bonds. The first-order chi connectivity index (χ1) is 9.69. The number of hydrogen-bond donors (Lipinski definition) is 1. The Hall–Kier alpha value is -1.68. The third-order valence-electron chi connectivity index (χ3n) is 3.87. The summed E-state index contributed by atoms with van der Waals surface area (Å²) < 4.78 is 2.28. The van der Waals surface area contributed by atoms with Gasteiger partial charge in [-0.1, -0.05) is 30.5 Å². The van der Waals surface area contributed by atoms with Crippen LogP contribution in [0.3, 0.4) is 0 Å². The van der Waals surface area contributed by atoms with E-state index >= 15 is 0 Å². The highest BCUT2D eigenvalue weighted by molar-refractivity contribution is 5.58. The number of nitrogens with one attached hydrogen (secondary N) is 1. The van der Waals surface area contributed by atoms with Crippen molar-refractivity contribution in [1.82, 2.24) is 20.1 Å². The SMILES string of the molecule is CCCC1NCCn2c(-c3cc(C)cc(C)c3)nnc21. The van der Waals surface area contributed by atoms with Crippen molar-refractivity contribution in [3.05, 3.63) is 35.2 Å². The summed E-state index contributed by atoms with van der Waals surface area (Å²) >= 11 is 0. The molecule has 2 heterocycles. The van der Waals surface area contributed by atoms with Crippen molar-refractivity contribution in [3.8, 4) is 11.4 Å². The summed E-state index contributed by atoms with van der Waals surface area (Å²) in [5.41, 5.74) is 3.73. The minimum absolute atomic E-state index is 0.348. The maximum absolute atomic E-state index is 4.46. The van der Waals surface area contributed by atoms with Crippen molar-refractivity contribution in [1.29, 1.82) is 0 Å². The molecule has 0 saturated carbocycles. The number of rotatable bonds is 3. The van der Waals surface area contributed by atoms with Gasteiger partial charge in [0.15, 0.2) is 11.6 Å². The minimum Gasteiger partial charge on any atom is -0.308 e. The van der Waals surface area contributed by atoms with E-state index in [1.165, 1.54) is 16.7 Å². The van der Waals surface area contributed by atoms with Crippen LogP contribution in [-0.2, 0) is 6.54 Å². The molecule has 106 valence electrons. The first-order valence-corrected chi connectivity index (χ1v) is 7.44. The third-order valence-corrected chi connectivity index (χ3v) is 3.87. The number of aryl methyl sites for hydroxylation is 2. The van der Waals surface area contributed by atoms with E-state index in [0.29, 0.717) is 6.04 Å². The van der Waals surface area contributed by atoms with E-state index in [1.807, 2.05) is 0 Å². The van der Waals surface area contributed by atoms with Crippen LogP contribution in [0.1, 0.15) is 42.8 Å². The van der Waals surface area contributed by atoms with Gasteiger partial charge < -0.3 is 9.88 Å². The number of benzene rings is 1. The fourth-order valence-corrected chi connectivity index (χ4v) is 3.07. The second-order valence-corrected chi connectivity index (χ2v) is 5.71. The number of fused-ring (bicyclic) bond motifs is 1. The van der Waals surface area contributed by atoms with Gasteiger partial charge in [0.05, 0.1) is 6.04 Å². The normalized spacial score (nSPS) is 18.1. The Morgan fingerprint density at radius 2 is 1.95 bits per heavy atom. The first kappa shape index (κ1) is 13.3. The van der Waals surface area contributed by atoms with E-state index in [9.17, 15) is 0 Å². The molecule has 1 unspecified atom stereocenters. The lowest BCUT2D eigenvalue weighted by atomic mass is 10.1. The molecule has 2 aromatic rings. The lowest BCUT2D eigenvalue weighted by molar-refractivity contribution is 0.394. The smallest absolute Gasteiger partial charge is 0.164 e. The standard InChI is InChI=1S/C16H22N4/c1-4-5-14-16-19-18-15(20(16)7-6-17-14)13-9-11(2)8-12(3)10-13/h8-10,14,17H,4-7H2,1-3H3. The summed E-state index contributed by atoms with van der Waals surface area (Å²) in [6.45, 7) is 8.41. The van der Waals surface area contributed by atoms with Crippen molar-refractivity contribution in [2.24, 2.45) is 0 Å². The summed E-state index contributed by atoms with van der Waals surface area (Å²) in [4.78, 5) is 0. The van der Waals surface area contributed by atoms with Crippen LogP contribution in [0, 0.1) is 13.8 Å². The lowest BCUT2D eigenvalue weighted by Crippen LogP contribution is -2.33. The van der Waals surface area contributed by atoms with E-state index < -0.39 is 0 Å². The fourth-order valence-electron chi connectivity index (χ4n) is 3.07.